The van der Waals surface area contributed by atoms with Gasteiger partial charge in [-0.3, -0.25) is 10.2 Å². The number of amides is 1. The van der Waals surface area contributed by atoms with Gasteiger partial charge >= 0.3 is 0 Å². The van der Waals surface area contributed by atoms with Gasteiger partial charge in [0.05, 0.1) is 20.1 Å². The first-order valence-electron chi connectivity index (χ1n) is 3.91. The highest BCUT2D eigenvalue weighted by atomic mass is 79.9. The summed E-state index contributed by atoms with van der Waals surface area (Å²) >= 11 is 0. The highest BCUT2D eigenvalue weighted by Crippen LogP contribution is 1.99. The summed E-state index contributed by atoms with van der Waals surface area (Å²) in [6, 6.07) is 0. The van der Waals surface area contributed by atoms with Gasteiger partial charge in [0.2, 0.25) is 0 Å². The second-order valence-corrected chi connectivity index (χ2v) is 2.98. The number of likely N-dealkylation sites (N-methyl/N-ethyl adjacent to an activating group) is 1. The number of hydrogen-bond donors (Lipinski definition) is 2. The third-order valence-corrected chi connectivity index (χ3v) is 2.21. The Labute approximate surface area is 84.4 Å². The predicted molar refractivity (Wildman–Crippen MR) is 44.5 cm³/mol. The molecule has 0 heterocycles. The fourth-order valence-electron chi connectivity index (χ4n) is 0.840. The Morgan fingerprint density at radius 2 is 1.83 bits per heavy atom. The molecule has 0 unspecified atom stereocenters. The number of hydrazine groups is 1. The minimum absolute atomic E-state index is 0. The number of carbonyl (C=O) groups excluding carboxylic acids is 1. The van der Waals surface area contributed by atoms with E-state index >= 15 is 0 Å². The summed E-state index contributed by atoms with van der Waals surface area (Å²) < 4.78 is 0.739. The van der Waals surface area contributed by atoms with Crippen LogP contribution in [0.3, 0.4) is 0 Å². The first-order valence-corrected chi connectivity index (χ1v) is 3.91. The molecule has 0 saturated heterocycles. The van der Waals surface area contributed by atoms with Crippen LogP contribution in [0.1, 0.15) is 13.8 Å². The molecule has 0 atom stereocenters. The Morgan fingerprint density at radius 1 is 1.42 bits per heavy atom. The molecule has 0 aromatic carbocycles. The van der Waals surface area contributed by atoms with Gasteiger partial charge in [0.1, 0.15) is 0 Å². The van der Waals surface area contributed by atoms with E-state index in [1.54, 1.807) is 0 Å². The zero-order valence-electron chi connectivity index (χ0n) is 7.93. The molecule has 0 saturated carbocycles. The van der Waals surface area contributed by atoms with Crippen molar-refractivity contribution in [3.8, 4) is 0 Å². The van der Waals surface area contributed by atoms with Crippen LogP contribution in [0, 0.1) is 0 Å². The molecule has 0 fully saturated rings. The molecule has 4 nitrogen and oxygen atoms in total. The maximum absolute atomic E-state index is 10.9. The van der Waals surface area contributed by atoms with Crippen molar-refractivity contribution in [2.24, 2.45) is 5.84 Å². The molecule has 0 spiro atoms. The largest absolute Gasteiger partial charge is 1.00 e. The van der Waals surface area contributed by atoms with Crippen molar-refractivity contribution in [2.45, 2.75) is 13.8 Å². The van der Waals surface area contributed by atoms with Gasteiger partial charge in [0.15, 0.2) is 6.54 Å². The molecule has 0 bridgehead atoms. The summed E-state index contributed by atoms with van der Waals surface area (Å²) in [7, 11) is 2.04. The third-order valence-electron chi connectivity index (χ3n) is 2.21. The number of nitrogens with two attached hydrogens (primary N) is 1. The van der Waals surface area contributed by atoms with Gasteiger partial charge < -0.3 is 21.5 Å². The average molecular weight is 240 g/mol. The summed E-state index contributed by atoms with van der Waals surface area (Å²) in [6.45, 7) is 6.48. The van der Waals surface area contributed by atoms with Crippen LogP contribution in [0.5, 0.6) is 0 Å². The Hall–Kier alpha value is -0.130. The van der Waals surface area contributed by atoms with E-state index in [9.17, 15) is 4.79 Å². The lowest BCUT2D eigenvalue weighted by Gasteiger charge is -2.30. The number of hydrogen-bond acceptors (Lipinski definition) is 2. The quantitative estimate of drug-likeness (QED) is 0.231. The third kappa shape index (κ3) is 4.69. The van der Waals surface area contributed by atoms with E-state index in [1.807, 2.05) is 7.05 Å². The van der Waals surface area contributed by atoms with Gasteiger partial charge in [0.25, 0.3) is 5.91 Å². The van der Waals surface area contributed by atoms with E-state index in [0.717, 1.165) is 17.6 Å². The summed E-state index contributed by atoms with van der Waals surface area (Å²) in [6.07, 6.45) is 0. The van der Waals surface area contributed by atoms with E-state index in [2.05, 4.69) is 19.3 Å². The first kappa shape index (κ1) is 14.4. The molecule has 0 aliphatic rings. The summed E-state index contributed by atoms with van der Waals surface area (Å²) in [5.41, 5.74) is 2.13. The Bertz CT molecular complexity index is 137. The van der Waals surface area contributed by atoms with Crippen molar-refractivity contribution in [1.82, 2.24) is 5.43 Å². The molecule has 3 N–H and O–H groups in total. The zero-order valence-corrected chi connectivity index (χ0v) is 9.52. The monoisotopic (exact) mass is 239 g/mol. The van der Waals surface area contributed by atoms with Crippen LogP contribution in [-0.4, -0.2) is 37.1 Å². The van der Waals surface area contributed by atoms with Gasteiger partial charge in [-0.2, -0.15) is 0 Å². The van der Waals surface area contributed by atoms with Gasteiger partial charge in [-0.05, 0) is 13.8 Å². The molecule has 0 radical (unpaired) electrons. The van der Waals surface area contributed by atoms with Crippen molar-refractivity contribution in [3.63, 3.8) is 0 Å². The number of carbonyl (C=O) groups is 1. The summed E-state index contributed by atoms with van der Waals surface area (Å²) in [4.78, 5) is 10.9. The molecular weight excluding hydrogens is 222 g/mol. The zero-order chi connectivity index (χ0) is 8.91. The SMILES string of the molecule is CC[N+](C)(CC)CC(=O)NN.[Br-]. The maximum atomic E-state index is 10.9. The number of quaternary nitrogens is 1. The molecule has 0 aliphatic carbocycles. The lowest BCUT2D eigenvalue weighted by Crippen LogP contribution is -3.00. The number of nitrogens with zero attached hydrogens (tertiary/aromatic N) is 1. The van der Waals surface area contributed by atoms with Crippen LogP contribution >= 0.6 is 0 Å². The van der Waals surface area contributed by atoms with Gasteiger partial charge in [-0.25, -0.2) is 5.84 Å². The molecule has 0 aliphatic heterocycles. The van der Waals surface area contributed by atoms with Crippen molar-refractivity contribution in [2.75, 3.05) is 26.7 Å². The van der Waals surface area contributed by atoms with E-state index < -0.39 is 0 Å². The van der Waals surface area contributed by atoms with E-state index in [4.69, 9.17) is 5.84 Å². The number of nitrogens with one attached hydrogen (secondary N) is 1. The minimum atomic E-state index is -0.101. The van der Waals surface area contributed by atoms with Gasteiger partial charge in [0, 0.05) is 0 Å². The van der Waals surface area contributed by atoms with Crippen molar-refractivity contribution in [3.05, 3.63) is 0 Å². The van der Waals surface area contributed by atoms with Crippen LogP contribution < -0.4 is 28.2 Å². The van der Waals surface area contributed by atoms with Crippen molar-refractivity contribution in [1.29, 1.82) is 0 Å². The molecule has 0 aromatic rings. The van der Waals surface area contributed by atoms with E-state index in [1.165, 1.54) is 0 Å². The van der Waals surface area contributed by atoms with Crippen LogP contribution in [-0.2, 0) is 4.79 Å². The standard InChI is InChI=1S/C7H17N3O.BrH/c1-4-10(3,5-2)6-7(11)9-8;/h4-6,8H2,1-3H3;1H. The van der Waals surface area contributed by atoms with E-state index in [-0.39, 0.29) is 22.9 Å². The van der Waals surface area contributed by atoms with E-state index in [0.29, 0.717) is 6.54 Å². The highest BCUT2D eigenvalue weighted by Gasteiger charge is 2.19. The molecule has 1 amide bonds. The number of rotatable bonds is 4. The first-order chi connectivity index (χ1) is 5.08. The minimum Gasteiger partial charge on any atom is -1.00 e. The Morgan fingerprint density at radius 3 is 2.08 bits per heavy atom. The molecule has 5 heteroatoms. The molecule has 0 aromatic heterocycles. The van der Waals surface area contributed by atoms with Crippen LogP contribution in [0.15, 0.2) is 0 Å². The van der Waals surface area contributed by atoms with Crippen LogP contribution in [0.25, 0.3) is 0 Å². The Balaban J connectivity index is 0. The lowest BCUT2D eigenvalue weighted by molar-refractivity contribution is -0.898. The van der Waals surface area contributed by atoms with Crippen molar-refractivity contribution >= 4 is 5.91 Å². The number of halogens is 1. The van der Waals surface area contributed by atoms with Crippen LogP contribution in [0.4, 0.5) is 0 Å². The average Bonchev–Trinajstić information content (AvgIpc) is 2.04. The van der Waals surface area contributed by atoms with Crippen molar-refractivity contribution < 1.29 is 26.3 Å². The molecule has 74 valence electrons. The molecule has 0 rings (SSSR count). The predicted octanol–water partition coefficient (Wildman–Crippen LogP) is -3.53. The molecule has 12 heavy (non-hydrogen) atoms. The van der Waals surface area contributed by atoms with Gasteiger partial charge in [-0.1, -0.05) is 0 Å². The summed E-state index contributed by atoms with van der Waals surface area (Å²) in [5.74, 6) is 4.88. The normalized spacial score (nSPS) is 10.3. The smallest absolute Gasteiger partial charge is 0.289 e. The lowest BCUT2D eigenvalue weighted by atomic mass is 10.4. The summed E-state index contributed by atoms with van der Waals surface area (Å²) in [5, 5.41) is 0. The Kier molecular flexibility index (Phi) is 7.67. The fraction of sp³-hybridized carbons (Fsp3) is 0.857. The molecular formula is C7H18BrN3O. The van der Waals surface area contributed by atoms with Gasteiger partial charge in [-0.15, -0.1) is 0 Å². The van der Waals surface area contributed by atoms with Crippen LogP contribution in [0.2, 0.25) is 0 Å². The second kappa shape index (κ2) is 6.39. The maximum Gasteiger partial charge on any atom is 0.289 e. The fourth-order valence-corrected chi connectivity index (χ4v) is 0.840. The topological polar surface area (TPSA) is 55.1 Å². The highest BCUT2D eigenvalue weighted by molar-refractivity contribution is 5.76. The second-order valence-electron chi connectivity index (χ2n) is 2.98.